The number of carbonyl (C=O) groups excluding carboxylic acids is 2. The molecule has 0 bridgehead atoms. The number of hydrogen-bond donors (Lipinski definition) is 1. The Morgan fingerprint density at radius 1 is 0.872 bits per heavy atom. The molecule has 0 atom stereocenters. The highest BCUT2D eigenvalue weighted by Crippen LogP contribution is 2.38. The van der Waals surface area contributed by atoms with Gasteiger partial charge in [-0.3, -0.25) is 9.59 Å². The van der Waals surface area contributed by atoms with Crippen molar-refractivity contribution in [3.63, 3.8) is 0 Å². The molecule has 4 aromatic carbocycles. The number of halogens is 1. The molecule has 196 valence electrons. The van der Waals surface area contributed by atoms with Crippen LogP contribution in [-0.4, -0.2) is 27.0 Å². The quantitative estimate of drug-likeness (QED) is 0.369. The minimum atomic E-state index is -4.05. The minimum absolute atomic E-state index is 0.0541. The summed E-state index contributed by atoms with van der Waals surface area (Å²) in [7, 11) is -4.05. The third-order valence-corrected chi connectivity index (χ3v) is 8.67. The van der Waals surface area contributed by atoms with Gasteiger partial charge in [0.1, 0.15) is 0 Å². The van der Waals surface area contributed by atoms with Gasteiger partial charge in [0, 0.05) is 17.1 Å². The van der Waals surface area contributed by atoms with Crippen LogP contribution in [0.1, 0.15) is 31.8 Å². The fourth-order valence-corrected chi connectivity index (χ4v) is 6.50. The van der Waals surface area contributed by atoms with Crippen molar-refractivity contribution in [2.24, 2.45) is 0 Å². The van der Waals surface area contributed by atoms with Gasteiger partial charge in [-0.05, 0) is 65.7 Å². The molecule has 0 aromatic heterocycles. The highest BCUT2D eigenvalue weighted by atomic mass is 35.5. The first-order chi connectivity index (χ1) is 18.8. The number of nitrogens with one attached hydrogen (secondary N) is 1. The summed E-state index contributed by atoms with van der Waals surface area (Å²) < 4.78 is 38.1. The number of sulfone groups is 1. The summed E-state index contributed by atoms with van der Waals surface area (Å²) in [6.07, 6.45) is 0. The Morgan fingerprint density at radius 3 is 2.54 bits per heavy atom. The van der Waals surface area contributed by atoms with E-state index in [1.807, 2.05) is 6.07 Å². The Kier molecular flexibility index (Phi) is 6.25. The zero-order chi connectivity index (χ0) is 27.1. The van der Waals surface area contributed by atoms with Crippen LogP contribution in [-0.2, 0) is 22.9 Å². The number of carbonyl (C=O) groups is 2. The molecule has 0 radical (unpaired) electrons. The molecule has 2 aliphatic heterocycles. The lowest BCUT2D eigenvalue weighted by molar-refractivity contribution is 0.0947. The largest absolute Gasteiger partial charge is 0.454 e. The summed E-state index contributed by atoms with van der Waals surface area (Å²) in [6, 6.07) is 22.7. The number of anilines is 1. The van der Waals surface area contributed by atoms with Crippen molar-refractivity contribution in [2.75, 3.05) is 11.7 Å². The summed E-state index contributed by atoms with van der Waals surface area (Å²) in [4.78, 5) is 28.2. The van der Waals surface area contributed by atoms with E-state index in [0.717, 1.165) is 5.56 Å². The fraction of sp³-hybridized carbons (Fsp3) is 0.103. The minimum Gasteiger partial charge on any atom is -0.454 e. The fourth-order valence-electron chi connectivity index (χ4n) is 4.66. The molecular weight excluding hydrogens is 540 g/mol. The lowest BCUT2D eigenvalue weighted by Gasteiger charge is -2.23. The van der Waals surface area contributed by atoms with Gasteiger partial charge in [0.2, 0.25) is 16.6 Å². The summed E-state index contributed by atoms with van der Waals surface area (Å²) in [5.41, 5.74) is 1.89. The van der Waals surface area contributed by atoms with E-state index in [9.17, 15) is 18.0 Å². The first-order valence-electron chi connectivity index (χ1n) is 12.0. The maximum atomic E-state index is 13.8. The van der Waals surface area contributed by atoms with Crippen LogP contribution in [0.2, 0.25) is 5.02 Å². The second-order valence-corrected chi connectivity index (χ2v) is 11.4. The standard InChI is InChI=1S/C29H21ClN2O6S/c30-21-5-3-4-19(12-21)16-32-23-14-20(28(33)31-15-18-8-10-24-25(13-18)38-17-37-24)9-11-27(23)39(35,36)26-7-2-1-6-22(26)29(32)34/h1-14H,15-17H2,(H,31,33). The van der Waals surface area contributed by atoms with E-state index >= 15 is 0 Å². The van der Waals surface area contributed by atoms with E-state index in [0.29, 0.717) is 22.1 Å². The molecule has 6 rings (SSSR count). The Labute approximate surface area is 229 Å². The summed E-state index contributed by atoms with van der Waals surface area (Å²) in [6.45, 7) is 0.414. The lowest BCUT2D eigenvalue weighted by Crippen LogP contribution is -2.31. The van der Waals surface area contributed by atoms with Crippen LogP contribution in [0.15, 0.2) is 94.7 Å². The highest BCUT2D eigenvalue weighted by molar-refractivity contribution is 7.91. The van der Waals surface area contributed by atoms with Gasteiger partial charge in [-0.25, -0.2) is 8.42 Å². The zero-order valence-electron chi connectivity index (χ0n) is 20.4. The Balaban J connectivity index is 1.38. The first-order valence-corrected chi connectivity index (χ1v) is 13.9. The van der Waals surface area contributed by atoms with Crippen molar-refractivity contribution in [1.82, 2.24) is 5.32 Å². The Bertz CT molecular complexity index is 1750. The highest BCUT2D eigenvalue weighted by Gasteiger charge is 2.36. The predicted molar refractivity (Wildman–Crippen MR) is 144 cm³/mol. The molecule has 0 saturated carbocycles. The molecular formula is C29H21ClN2O6S. The van der Waals surface area contributed by atoms with Crippen LogP contribution in [0.4, 0.5) is 5.69 Å². The number of fused-ring (bicyclic) bond motifs is 3. The van der Waals surface area contributed by atoms with Gasteiger partial charge >= 0.3 is 0 Å². The summed E-state index contributed by atoms with van der Waals surface area (Å²) in [5, 5.41) is 3.33. The summed E-state index contributed by atoms with van der Waals surface area (Å²) in [5.74, 6) is 0.324. The molecule has 4 aromatic rings. The van der Waals surface area contributed by atoms with E-state index in [1.165, 1.54) is 35.2 Å². The van der Waals surface area contributed by atoms with Crippen LogP contribution < -0.4 is 19.7 Å². The van der Waals surface area contributed by atoms with Gasteiger partial charge in [0.25, 0.3) is 11.8 Å². The molecule has 2 amide bonds. The second-order valence-electron chi connectivity index (χ2n) is 9.07. The van der Waals surface area contributed by atoms with E-state index < -0.39 is 21.7 Å². The van der Waals surface area contributed by atoms with E-state index in [-0.39, 0.29) is 46.5 Å². The first kappa shape index (κ1) is 25.0. The van der Waals surface area contributed by atoms with Crippen LogP contribution in [0, 0.1) is 0 Å². The number of ether oxygens (including phenoxy) is 2. The lowest BCUT2D eigenvalue weighted by atomic mass is 10.1. The molecule has 1 N–H and O–H groups in total. The van der Waals surface area contributed by atoms with E-state index in [4.69, 9.17) is 21.1 Å². The van der Waals surface area contributed by atoms with E-state index in [1.54, 1.807) is 48.5 Å². The van der Waals surface area contributed by atoms with Gasteiger partial charge in [0.15, 0.2) is 11.5 Å². The average molecular weight is 561 g/mol. The predicted octanol–water partition coefficient (Wildman–Crippen LogP) is 4.99. The monoisotopic (exact) mass is 560 g/mol. The normalized spacial score (nSPS) is 14.8. The van der Waals surface area contributed by atoms with Crippen molar-refractivity contribution in [3.8, 4) is 11.5 Å². The Hall–Kier alpha value is -4.34. The topological polar surface area (TPSA) is 102 Å². The van der Waals surface area contributed by atoms with Crippen molar-refractivity contribution < 1.29 is 27.5 Å². The summed E-state index contributed by atoms with van der Waals surface area (Å²) >= 11 is 6.17. The number of hydrogen-bond acceptors (Lipinski definition) is 6. The van der Waals surface area contributed by atoms with Crippen LogP contribution in [0.5, 0.6) is 11.5 Å². The molecule has 0 spiro atoms. The van der Waals surface area contributed by atoms with Gasteiger partial charge in [-0.2, -0.15) is 0 Å². The van der Waals surface area contributed by atoms with Crippen LogP contribution in [0.3, 0.4) is 0 Å². The van der Waals surface area contributed by atoms with Crippen molar-refractivity contribution in [3.05, 3.63) is 112 Å². The number of nitrogens with zero attached hydrogens (tertiary/aromatic N) is 1. The molecule has 39 heavy (non-hydrogen) atoms. The molecule has 10 heteroatoms. The van der Waals surface area contributed by atoms with Gasteiger partial charge in [-0.15, -0.1) is 0 Å². The maximum Gasteiger partial charge on any atom is 0.259 e. The van der Waals surface area contributed by atoms with E-state index in [2.05, 4.69) is 5.32 Å². The van der Waals surface area contributed by atoms with Crippen molar-refractivity contribution >= 4 is 38.9 Å². The average Bonchev–Trinajstić information content (AvgIpc) is 3.40. The molecule has 0 fully saturated rings. The van der Waals surface area contributed by atoms with Gasteiger partial charge < -0.3 is 19.7 Å². The van der Waals surface area contributed by atoms with Crippen LogP contribution >= 0.6 is 11.6 Å². The molecule has 0 unspecified atom stereocenters. The molecule has 8 nitrogen and oxygen atoms in total. The number of amides is 2. The maximum absolute atomic E-state index is 13.8. The van der Waals surface area contributed by atoms with Crippen molar-refractivity contribution in [2.45, 2.75) is 22.9 Å². The molecule has 2 aliphatic rings. The molecule has 0 aliphatic carbocycles. The van der Waals surface area contributed by atoms with Crippen LogP contribution in [0.25, 0.3) is 0 Å². The van der Waals surface area contributed by atoms with Gasteiger partial charge in [-0.1, -0.05) is 41.9 Å². The van der Waals surface area contributed by atoms with Gasteiger partial charge in [0.05, 0.1) is 27.6 Å². The Morgan fingerprint density at radius 2 is 1.69 bits per heavy atom. The smallest absolute Gasteiger partial charge is 0.259 e. The second kappa shape index (κ2) is 9.76. The third-order valence-electron chi connectivity index (χ3n) is 6.57. The molecule has 0 saturated heterocycles. The SMILES string of the molecule is O=C(NCc1ccc2c(c1)OCO2)c1ccc2c(c1)N(Cc1cccc(Cl)c1)C(=O)c1ccccc1S2(=O)=O. The third kappa shape index (κ3) is 4.60. The number of rotatable bonds is 5. The van der Waals surface area contributed by atoms with Crippen molar-refractivity contribution in [1.29, 1.82) is 0 Å². The number of benzene rings is 4. The zero-order valence-corrected chi connectivity index (χ0v) is 22.0. The molecule has 2 heterocycles.